The van der Waals surface area contributed by atoms with Crippen LogP contribution < -0.4 is 5.32 Å². The van der Waals surface area contributed by atoms with Crippen LogP contribution in [0.1, 0.15) is 25.3 Å². The van der Waals surface area contributed by atoms with E-state index in [9.17, 15) is 4.79 Å². The lowest BCUT2D eigenvalue weighted by atomic mass is 9.88. The minimum absolute atomic E-state index is 0.0506. The molecule has 0 radical (unpaired) electrons. The summed E-state index contributed by atoms with van der Waals surface area (Å²) in [6, 6.07) is 11.1. The van der Waals surface area contributed by atoms with Gasteiger partial charge in [-0.05, 0) is 47.0 Å². The molecule has 0 fully saturated rings. The first kappa shape index (κ1) is 15.8. The average molecular weight is 322 g/mol. The number of hydrogen-bond donors (Lipinski definition) is 2. The Hall–Kier alpha value is -3.09. The Balaban J connectivity index is 1.75. The van der Waals surface area contributed by atoms with Crippen LogP contribution >= 0.6 is 0 Å². The molecule has 0 aliphatic carbocycles. The number of carbonyl (C=O) groups excluding carboxylic acids is 1. The first-order chi connectivity index (χ1) is 11.6. The number of anilines is 1. The summed E-state index contributed by atoms with van der Waals surface area (Å²) < 4.78 is 0. The largest absolute Gasteiger partial charge is 0.326 e. The van der Waals surface area contributed by atoms with Gasteiger partial charge in [-0.2, -0.15) is 5.21 Å². The van der Waals surface area contributed by atoms with Gasteiger partial charge in [-0.25, -0.2) is 0 Å². The number of H-pyrrole nitrogens is 1. The zero-order valence-corrected chi connectivity index (χ0v) is 13.5. The van der Waals surface area contributed by atoms with Crippen LogP contribution in [0.25, 0.3) is 11.4 Å². The minimum Gasteiger partial charge on any atom is -0.326 e. The fourth-order valence-electron chi connectivity index (χ4n) is 2.61. The summed E-state index contributed by atoms with van der Waals surface area (Å²) in [5.74, 6) is 0.372. The Morgan fingerprint density at radius 2 is 1.96 bits per heavy atom. The number of benzene rings is 1. The smallest absolute Gasteiger partial charge is 0.232 e. The second-order valence-electron chi connectivity index (χ2n) is 5.81. The Morgan fingerprint density at radius 1 is 1.17 bits per heavy atom. The third-order valence-electron chi connectivity index (χ3n) is 3.75. The highest BCUT2D eigenvalue weighted by molar-refractivity contribution is 5.96. The van der Waals surface area contributed by atoms with E-state index in [1.807, 2.05) is 50.2 Å². The monoisotopic (exact) mass is 322 g/mol. The van der Waals surface area contributed by atoms with Crippen LogP contribution in [0.4, 0.5) is 5.69 Å². The fraction of sp³-hybridized carbons (Fsp3) is 0.235. The van der Waals surface area contributed by atoms with Crippen molar-refractivity contribution in [2.75, 3.05) is 5.32 Å². The lowest BCUT2D eigenvalue weighted by molar-refractivity contribution is -0.118. The number of aromatic nitrogens is 5. The number of amides is 1. The maximum Gasteiger partial charge on any atom is 0.232 e. The van der Waals surface area contributed by atoms with E-state index in [0.717, 1.165) is 16.8 Å². The number of pyridine rings is 1. The molecular formula is C17H18N6O. The van der Waals surface area contributed by atoms with Crippen molar-refractivity contribution in [1.82, 2.24) is 25.6 Å². The second kappa shape index (κ2) is 6.99. The molecule has 1 atom stereocenters. The van der Waals surface area contributed by atoms with Crippen molar-refractivity contribution in [3.63, 3.8) is 0 Å². The predicted octanol–water partition coefficient (Wildman–Crippen LogP) is 2.64. The molecule has 122 valence electrons. The Bertz CT molecular complexity index is 784. The third kappa shape index (κ3) is 3.45. The predicted molar refractivity (Wildman–Crippen MR) is 90.1 cm³/mol. The molecule has 0 saturated heterocycles. The van der Waals surface area contributed by atoms with Crippen molar-refractivity contribution in [3.8, 4) is 11.4 Å². The highest BCUT2D eigenvalue weighted by Gasteiger charge is 2.24. The van der Waals surface area contributed by atoms with Gasteiger partial charge in [0.25, 0.3) is 0 Å². The van der Waals surface area contributed by atoms with Crippen molar-refractivity contribution in [2.45, 2.75) is 19.8 Å². The van der Waals surface area contributed by atoms with E-state index in [-0.39, 0.29) is 17.7 Å². The summed E-state index contributed by atoms with van der Waals surface area (Å²) in [4.78, 5) is 16.8. The van der Waals surface area contributed by atoms with E-state index in [4.69, 9.17) is 0 Å². The second-order valence-corrected chi connectivity index (χ2v) is 5.81. The van der Waals surface area contributed by atoms with Crippen molar-refractivity contribution < 1.29 is 4.79 Å². The van der Waals surface area contributed by atoms with Crippen LogP contribution in [0.2, 0.25) is 0 Å². The van der Waals surface area contributed by atoms with Gasteiger partial charge in [0.05, 0.1) is 5.92 Å². The Kier molecular flexibility index (Phi) is 4.60. The average Bonchev–Trinajstić information content (AvgIpc) is 3.11. The van der Waals surface area contributed by atoms with E-state index >= 15 is 0 Å². The van der Waals surface area contributed by atoms with E-state index in [1.165, 1.54) is 0 Å². The number of nitrogens with zero attached hydrogens (tertiary/aromatic N) is 4. The first-order valence-corrected chi connectivity index (χ1v) is 7.70. The van der Waals surface area contributed by atoms with Crippen LogP contribution in [0.3, 0.4) is 0 Å². The topological polar surface area (TPSA) is 96.5 Å². The summed E-state index contributed by atoms with van der Waals surface area (Å²) in [7, 11) is 0. The molecule has 7 nitrogen and oxygen atoms in total. The molecule has 1 amide bonds. The van der Waals surface area contributed by atoms with Crippen LogP contribution in [0, 0.1) is 5.92 Å². The number of tetrazole rings is 1. The van der Waals surface area contributed by atoms with Crippen molar-refractivity contribution in [2.24, 2.45) is 5.92 Å². The van der Waals surface area contributed by atoms with Crippen molar-refractivity contribution >= 4 is 11.6 Å². The summed E-state index contributed by atoms with van der Waals surface area (Å²) in [5.41, 5.74) is 2.46. The molecule has 0 bridgehead atoms. The molecule has 2 aromatic heterocycles. The Morgan fingerprint density at radius 3 is 2.54 bits per heavy atom. The van der Waals surface area contributed by atoms with Crippen LogP contribution in [0.15, 0.2) is 48.8 Å². The highest BCUT2D eigenvalue weighted by atomic mass is 16.1. The first-order valence-electron chi connectivity index (χ1n) is 7.70. The lowest BCUT2D eigenvalue weighted by Crippen LogP contribution is -2.25. The summed E-state index contributed by atoms with van der Waals surface area (Å²) in [6.07, 6.45) is 3.44. The van der Waals surface area contributed by atoms with Gasteiger partial charge in [-0.1, -0.05) is 19.9 Å². The summed E-state index contributed by atoms with van der Waals surface area (Å²) >= 11 is 0. The van der Waals surface area contributed by atoms with E-state index in [1.54, 1.807) is 12.4 Å². The zero-order chi connectivity index (χ0) is 16.9. The van der Waals surface area contributed by atoms with Gasteiger partial charge in [-0.3, -0.25) is 9.78 Å². The van der Waals surface area contributed by atoms with Crippen LogP contribution in [-0.4, -0.2) is 31.5 Å². The molecule has 7 heteroatoms. The molecular weight excluding hydrogens is 304 g/mol. The molecule has 0 saturated carbocycles. The van der Waals surface area contributed by atoms with Gasteiger partial charge in [-0.15, -0.1) is 10.2 Å². The molecule has 3 rings (SSSR count). The van der Waals surface area contributed by atoms with Crippen molar-refractivity contribution in [3.05, 3.63) is 54.4 Å². The van der Waals surface area contributed by atoms with Gasteiger partial charge in [0.1, 0.15) is 0 Å². The molecule has 2 heterocycles. The number of hydrogen-bond acceptors (Lipinski definition) is 5. The van der Waals surface area contributed by atoms with E-state index in [0.29, 0.717) is 5.82 Å². The van der Waals surface area contributed by atoms with Gasteiger partial charge in [0.15, 0.2) is 0 Å². The van der Waals surface area contributed by atoms with E-state index in [2.05, 4.69) is 30.9 Å². The molecule has 1 aromatic carbocycles. The van der Waals surface area contributed by atoms with Gasteiger partial charge in [0.2, 0.25) is 11.7 Å². The molecule has 1 unspecified atom stereocenters. The summed E-state index contributed by atoms with van der Waals surface area (Å²) in [6.45, 7) is 4.05. The number of rotatable bonds is 5. The third-order valence-corrected chi connectivity index (χ3v) is 3.75. The normalized spacial score (nSPS) is 12.1. The molecule has 3 aromatic rings. The molecule has 2 N–H and O–H groups in total. The highest BCUT2D eigenvalue weighted by Crippen LogP contribution is 2.26. The lowest BCUT2D eigenvalue weighted by Gasteiger charge is -2.20. The van der Waals surface area contributed by atoms with Crippen LogP contribution in [-0.2, 0) is 4.79 Å². The molecule has 0 aliphatic heterocycles. The SMILES string of the molecule is CC(C)C(C(=O)Nc1ccc(-c2nn[nH]n2)cc1)c1cccnc1. The van der Waals surface area contributed by atoms with Gasteiger partial charge in [0, 0.05) is 23.6 Å². The number of aromatic amines is 1. The molecule has 24 heavy (non-hydrogen) atoms. The molecule has 0 aliphatic rings. The Labute approximate surface area is 139 Å². The quantitative estimate of drug-likeness (QED) is 0.752. The van der Waals surface area contributed by atoms with Crippen LogP contribution in [0.5, 0.6) is 0 Å². The summed E-state index contributed by atoms with van der Waals surface area (Å²) in [5, 5.41) is 16.8. The minimum atomic E-state index is -0.254. The van der Waals surface area contributed by atoms with Gasteiger partial charge < -0.3 is 5.32 Å². The zero-order valence-electron chi connectivity index (χ0n) is 13.5. The van der Waals surface area contributed by atoms with E-state index < -0.39 is 0 Å². The van der Waals surface area contributed by atoms with Crippen molar-refractivity contribution in [1.29, 1.82) is 0 Å². The number of nitrogens with one attached hydrogen (secondary N) is 2. The maximum atomic E-state index is 12.7. The fourth-order valence-corrected chi connectivity index (χ4v) is 2.61. The maximum absolute atomic E-state index is 12.7. The number of carbonyl (C=O) groups is 1. The molecule has 0 spiro atoms. The standard InChI is InChI=1S/C17H18N6O/c1-11(2)15(13-4-3-9-18-10-13)17(24)19-14-7-5-12(6-8-14)16-20-22-23-21-16/h3-11,15H,1-2H3,(H,19,24)(H,20,21,22,23). The van der Waals surface area contributed by atoms with Gasteiger partial charge >= 0.3 is 0 Å².